The Labute approximate surface area is 113 Å². The number of nitro benzene ring substituents is 1. The van der Waals surface area contributed by atoms with Crippen LogP contribution in [0.2, 0.25) is 0 Å². The summed E-state index contributed by atoms with van der Waals surface area (Å²) in [4.78, 5) is 20.5. The fourth-order valence-electron chi connectivity index (χ4n) is 1.34. The van der Waals surface area contributed by atoms with Crippen molar-refractivity contribution in [1.29, 1.82) is 0 Å². The Morgan fingerprint density at radius 2 is 2.10 bits per heavy atom. The number of carbonyl (C=O) groups is 1. The smallest absolute Gasteiger partial charge is 0.400 e. The lowest BCUT2D eigenvalue weighted by molar-refractivity contribution is -0.387. The van der Waals surface area contributed by atoms with Crippen molar-refractivity contribution in [2.24, 2.45) is 5.92 Å². The zero-order valence-corrected chi connectivity index (χ0v) is 10.8. The van der Waals surface area contributed by atoms with Gasteiger partial charge < -0.3 is 9.84 Å². The van der Waals surface area contributed by atoms with E-state index in [1.54, 1.807) is 0 Å². The number of carboxylic acids is 1. The van der Waals surface area contributed by atoms with Crippen molar-refractivity contribution in [3.05, 3.63) is 33.9 Å². The van der Waals surface area contributed by atoms with Crippen LogP contribution in [0.1, 0.15) is 19.4 Å². The Morgan fingerprint density at radius 1 is 1.50 bits per heavy atom. The van der Waals surface area contributed by atoms with Gasteiger partial charge in [0.25, 0.3) is 0 Å². The molecule has 1 aromatic carbocycles. The molecule has 1 N–H and O–H groups in total. The van der Waals surface area contributed by atoms with Crippen LogP contribution < -0.4 is 4.74 Å². The quantitative estimate of drug-likeness (QED) is 0.642. The summed E-state index contributed by atoms with van der Waals surface area (Å²) in [5.41, 5.74) is -0.562. The van der Waals surface area contributed by atoms with Gasteiger partial charge >= 0.3 is 17.8 Å². The summed E-state index contributed by atoms with van der Waals surface area (Å²) in [6.45, 7) is 2.43. The molecule has 0 unspecified atom stereocenters. The van der Waals surface area contributed by atoms with Crippen LogP contribution in [0.15, 0.2) is 18.2 Å². The number of nitrogens with zero attached hydrogens (tertiary/aromatic N) is 1. The minimum Gasteiger partial charge on any atom is -0.481 e. The van der Waals surface area contributed by atoms with Gasteiger partial charge in [-0.05, 0) is 11.6 Å². The number of hydrogen-bond donors (Lipinski definition) is 1. The highest BCUT2D eigenvalue weighted by Gasteiger charge is 2.38. The van der Waals surface area contributed by atoms with E-state index in [1.165, 1.54) is 19.9 Å². The predicted octanol–water partition coefficient (Wildman–Crippen LogP) is 2.85. The zero-order chi connectivity index (χ0) is 15.5. The highest BCUT2D eigenvalue weighted by atomic mass is 19.3. The van der Waals surface area contributed by atoms with Gasteiger partial charge in [-0.2, -0.15) is 8.78 Å². The Hall–Kier alpha value is -2.25. The standard InChI is InChI=1S/C12H13F2NO5/c1-7(2)12(13,14)20-10-4-3-8(6-11(16)17)5-9(10)15(18)19/h3-5,7H,6H2,1-2H3,(H,16,17). The minimum atomic E-state index is -3.56. The maximum Gasteiger partial charge on any atom is 0.400 e. The van der Waals surface area contributed by atoms with Crippen LogP contribution in [-0.4, -0.2) is 22.1 Å². The fourth-order valence-corrected chi connectivity index (χ4v) is 1.34. The third kappa shape index (κ3) is 3.87. The molecule has 0 amide bonds. The second-order valence-corrected chi connectivity index (χ2v) is 4.45. The van der Waals surface area contributed by atoms with Crippen molar-refractivity contribution in [3.63, 3.8) is 0 Å². The lowest BCUT2D eigenvalue weighted by Crippen LogP contribution is -2.31. The van der Waals surface area contributed by atoms with Gasteiger partial charge in [0.2, 0.25) is 5.75 Å². The van der Waals surface area contributed by atoms with Gasteiger partial charge in [0, 0.05) is 6.07 Å². The van der Waals surface area contributed by atoms with Crippen LogP contribution in [0.4, 0.5) is 14.5 Å². The summed E-state index contributed by atoms with van der Waals surface area (Å²) in [6.07, 6.45) is -4.00. The first-order valence-electron chi connectivity index (χ1n) is 5.69. The second kappa shape index (κ2) is 5.81. The number of halogens is 2. The van der Waals surface area contributed by atoms with E-state index >= 15 is 0 Å². The molecule has 0 aliphatic carbocycles. The molecule has 0 heterocycles. The van der Waals surface area contributed by atoms with Crippen molar-refractivity contribution in [1.82, 2.24) is 0 Å². The van der Waals surface area contributed by atoms with Gasteiger partial charge in [0.15, 0.2) is 0 Å². The summed E-state index contributed by atoms with van der Waals surface area (Å²) < 4.78 is 31.3. The molecule has 1 rings (SSSR count). The molecule has 0 bridgehead atoms. The SMILES string of the molecule is CC(C)C(F)(F)Oc1ccc(CC(=O)O)cc1[N+](=O)[O-]. The third-order valence-corrected chi connectivity index (χ3v) is 2.49. The average Bonchev–Trinajstić information content (AvgIpc) is 2.29. The number of rotatable bonds is 6. The predicted molar refractivity (Wildman–Crippen MR) is 64.8 cm³/mol. The van der Waals surface area contributed by atoms with E-state index in [2.05, 4.69) is 4.74 Å². The molecule has 0 fully saturated rings. The molecule has 0 saturated heterocycles. The van der Waals surface area contributed by atoms with Gasteiger partial charge in [0.05, 0.1) is 17.3 Å². The summed E-state index contributed by atoms with van der Waals surface area (Å²) in [7, 11) is 0. The highest BCUT2D eigenvalue weighted by molar-refractivity contribution is 5.71. The second-order valence-electron chi connectivity index (χ2n) is 4.45. The topological polar surface area (TPSA) is 89.7 Å². The maximum atomic E-state index is 13.4. The molecule has 20 heavy (non-hydrogen) atoms. The lowest BCUT2D eigenvalue weighted by Gasteiger charge is -2.21. The van der Waals surface area contributed by atoms with E-state index in [-0.39, 0.29) is 5.56 Å². The number of alkyl halides is 2. The average molecular weight is 289 g/mol. The molecular formula is C12H13F2NO5. The van der Waals surface area contributed by atoms with Crippen molar-refractivity contribution in [3.8, 4) is 5.75 Å². The molecule has 0 atom stereocenters. The van der Waals surface area contributed by atoms with Crippen LogP contribution in [0.5, 0.6) is 5.75 Å². The van der Waals surface area contributed by atoms with Gasteiger partial charge in [-0.3, -0.25) is 14.9 Å². The van der Waals surface area contributed by atoms with Crippen LogP contribution in [0, 0.1) is 16.0 Å². The van der Waals surface area contributed by atoms with E-state index in [1.807, 2.05) is 0 Å². The molecule has 0 aliphatic heterocycles. The Bertz CT molecular complexity index is 531. The van der Waals surface area contributed by atoms with E-state index in [0.29, 0.717) is 0 Å². The molecule has 0 aliphatic rings. The first kappa shape index (κ1) is 15.8. The number of hydrogen-bond acceptors (Lipinski definition) is 4. The summed E-state index contributed by atoms with van der Waals surface area (Å²) in [5, 5.41) is 19.5. The highest BCUT2D eigenvalue weighted by Crippen LogP contribution is 2.35. The van der Waals surface area contributed by atoms with Crippen molar-refractivity contribution in [2.45, 2.75) is 26.4 Å². The molecule has 0 spiro atoms. The Morgan fingerprint density at radius 3 is 2.55 bits per heavy atom. The number of benzene rings is 1. The maximum absolute atomic E-state index is 13.4. The van der Waals surface area contributed by atoms with E-state index in [0.717, 1.165) is 12.1 Å². The normalized spacial score (nSPS) is 11.4. The van der Waals surface area contributed by atoms with Gasteiger partial charge in [-0.1, -0.05) is 19.9 Å². The first-order chi connectivity index (χ1) is 9.13. The van der Waals surface area contributed by atoms with Crippen LogP contribution in [-0.2, 0) is 11.2 Å². The largest absolute Gasteiger partial charge is 0.481 e. The first-order valence-corrected chi connectivity index (χ1v) is 5.69. The van der Waals surface area contributed by atoms with Crippen molar-refractivity contribution < 1.29 is 28.3 Å². The van der Waals surface area contributed by atoms with E-state index in [4.69, 9.17) is 5.11 Å². The number of aliphatic carboxylic acids is 1. The summed E-state index contributed by atoms with van der Waals surface area (Å²) in [6, 6.07) is 3.10. The molecule has 8 heteroatoms. The van der Waals surface area contributed by atoms with Crippen LogP contribution in [0.3, 0.4) is 0 Å². The summed E-state index contributed by atoms with van der Waals surface area (Å²) >= 11 is 0. The third-order valence-electron chi connectivity index (χ3n) is 2.49. The minimum absolute atomic E-state index is 0.129. The van der Waals surface area contributed by atoms with Crippen molar-refractivity contribution >= 4 is 11.7 Å². The molecule has 0 radical (unpaired) electrons. The summed E-state index contributed by atoms with van der Waals surface area (Å²) in [5.74, 6) is -2.94. The Kier molecular flexibility index (Phi) is 4.59. The number of nitro groups is 1. The van der Waals surface area contributed by atoms with Crippen molar-refractivity contribution in [2.75, 3.05) is 0 Å². The van der Waals surface area contributed by atoms with E-state index < -0.39 is 40.8 Å². The zero-order valence-electron chi connectivity index (χ0n) is 10.8. The van der Waals surface area contributed by atoms with Gasteiger partial charge in [-0.15, -0.1) is 0 Å². The Balaban J connectivity index is 3.14. The molecule has 0 aromatic heterocycles. The fraction of sp³-hybridized carbons (Fsp3) is 0.417. The lowest BCUT2D eigenvalue weighted by atomic mass is 10.1. The molecule has 0 saturated carbocycles. The number of carboxylic acid groups (broad SMARTS) is 1. The van der Waals surface area contributed by atoms with E-state index in [9.17, 15) is 23.7 Å². The molecule has 6 nitrogen and oxygen atoms in total. The van der Waals surface area contributed by atoms with Crippen LogP contribution in [0.25, 0.3) is 0 Å². The molecular weight excluding hydrogens is 276 g/mol. The monoisotopic (exact) mass is 289 g/mol. The van der Waals surface area contributed by atoms with Gasteiger partial charge in [0.1, 0.15) is 0 Å². The molecule has 110 valence electrons. The molecule has 1 aromatic rings. The van der Waals surface area contributed by atoms with Crippen LogP contribution >= 0.6 is 0 Å². The number of ether oxygens (including phenoxy) is 1. The van der Waals surface area contributed by atoms with Gasteiger partial charge in [-0.25, -0.2) is 0 Å².